The molecule has 0 aromatic heterocycles. The molecular formula is C20H31F3IN5. The summed E-state index contributed by atoms with van der Waals surface area (Å²) in [5.41, 5.74) is 0.120. The number of piperazine rings is 3. The maximum atomic E-state index is 12.9. The quantitative estimate of drug-likeness (QED) is 0.341. The minimum Gasteiger partial charge on any atom is -0.356 e. The average molecular weight is 525 g/mol. The molecule has 0 amide bonds. The van der Waals surface area contributed by atoms with E-state index in [1.54, 1.807) is 13.1 Å². The number of nitrogens with zero attached hydrogens (tertiary/aromatic N) is 3. The molecule has 2 N–H and O–H groups in total. The van der Waals surface area contributed by atoms with Gasteiger partial charge in [-0.1, -0.05) is 25.1 Å². The fraction of sp³-hybridized carbons (Fsp3) is 0.650. The number of fused-ring (bicyclic) bond motifs is 3. The molecule has 5 nitrogen and oxygen atoms in total. The standard InChI is InChI=1S/C20H30F3N5.HI/c1-15(16-4-3-5-17(12-16)20(21,22)23)6-7-25-19(24-2)26-13-18-14-27-8-10-28(18)11-9-27;/h3-5,12,15,18H,6-11,13-14H2,1-2H3,(H2,24,25,26);1H. The molecule has 2 bridgehead atoms. The number of alkyl halides is 3. The molecule has 1 aromatic carbocycles. The number of halogens is 4. The third kappa shape index (κ3) is 6.71. The van der Waals surface area contributed by atoms with Crippen LogP contribution in [0.25, 0.3) is 0 Å². The van der Waals surface area contributed by atoms with Crippen LogP contribution in [0.1, 0.15) is 30.4 Å². The number of hydrogen-bond acceptors (Lipinski definition) is 3. The molecule has 0 spiro atoms. The van der Waals surface area contributed by atoms with Crippen LogP contribution < -0.4 is 10.6 Å². The summed E-state index contributed by atoms with van der Waals surface area (Å²) in [6.07, 6.45) is -3.57. The highest BCUT2D eigenvalue weighted by molar-refractivity contribution is 14.0. The van der Waals surface area contributed by atoms with Crippen LogP contribution in [-0.2, 0) is 6.18 Å². The minimum atomic E-state index is -4.30. The molecule has 0 saturated carbocycles. The molecular weight excluding hydrogens is 494 g/mol. The van der Waals surface area contributed by atoms with Crippen molar-refractivity contribution in [3.63, 3.8) is 0 Å². The van der Waals surface area contributed by atoms with Gasteiger partial charge in [0.25, 0.3) is 0 Å². The Kier molecular flexibility index (Phi) is 9.02. The number of guanidine groups is 1. The lowest BCUT2D eigenvalue weighted by Crippen LogP contribution is -2.63. The van der Waals surface area contributed by atoms with Crippen molar-refractivity contribution >= 4 is 29.9 Å². The molecule has 0 radical (unpaired) electrons. The van der Waals surface area contributed by atoms with Crippen LogP contribution in [0.3, 0.4) is 0 Å². The van der Waals surface area contributed by atoms with Gasteiger partial charge >= 0.3 is 6.18 Å². The molecule has 4 rings (SSSR count). The normalized spacial score (nSPS) is 25.3. The van der Waals surface area contributed by atoms with Gasteiger partial charge in [-0.25, -0.2) is 0 Å². The Labute approximate surface area is 188 Å². The summed E-state index contributed by atoms with van der Waals surface area (Å²) in [4.78, 5) is 9.29. The lowest BCUT2D eigenvalue weighted by Gasteiger charge is -2.47. The van der Waals surface area contributed by atoms with E-state index in [9.17, 15) is 13.2 Å². The fourth-order valence-electron chi connectivity index (χ4n) is 3.95. The summed E-state index contributed by atoms with van der Waals surface area (Å²) in [6.45, 7) is 9.13. The second-order valence-corrected chi connectivity index (χ2v) is 7.68. The molecule has 1 aromatic rings. The number of benzene rings is 1. The lowest BCUT2D eigenvalue weighted by molar-refractivity contribution is -0.137. The summed E-state index contributed by atoms with van der Waals surface area (Å²) in [5, 5.41) is 6.67. The zero-order valence-corrected chi connectivity index (χ0v) is 19.3. The van der Waals surface area contributed by atoms with Crippen LogP contribution in [0, 0.1) is 0 Å². The summed E-state index contributed by atoms with van der Waals surface area (Å²) in [7, 11) is 1.74. The average Bonchev–Trinajstić information content (AvgIpc) is 2.70. The van der Waals surface area contributed by atoms with Crippen LogP contribution in [0.15, 0.2) is 29.3 Å². The number of hydrogen-bond donors (Lipinski definition) is 2. The van der Waals surface area contributed by atoms with E-state index in [0.717, 1.165) is 57.7 Å². The SMILES string of the molecule is CN=C(NCCC(C)c1cccc(C(F)(F)F)c1)NCC1CN2CCN1CC2.I. The Hall–Kier alpha value is -1.07. The van der Waals surface area contributed by atoms with E-state index < -0.39 is 11.7 Å². The maximum absolute atomic E-state index is 12.9. The molecule has 2 atom stereocenters. The Morgan fingerprint density at radius 3 is 2.52 bits per heavy atom. The van der Waals surface area contributed by atoms with E-state index in [1.807, 2.05) is 6.92 Å². The second-order valence-electron chi connectivity index (χ2n) is 7.68. The summed E-state index contributed by atoms with van der Waals surface area (Å²) in [6, 6.07) is 6.11. The van der Waals surface area contributed by atoms with Crippen LogP contribution in [0.5, 0.6) is 0 Å². The predicted octanol–water partition coefficient (Wildman–Crippen LogP) is 2.98. The Bertz CT molecular complexity index is 674. The third-order valence-electron chi connectivity index (χ3n) is 5.77. The maximum Gasteiger partial charge on any atom is 0.416 e. The summed E-state index contributed by atoms with van der Waals surface area (Å²) < 4.78 is 38.7. The van der Waals surface area contributed by atoms with Crippen LogP contribution in [-0.4, -0.2) is 74.7 Å². The van der Waals surface area contributed by atoms with E-state index in [1.165, 1.54) is 12.1 Å². The van der Waals surface area contributed by atoms with Gasteiger partial charge in [-0.3, -0.25) is 14.8 Å². The van der Waals surface area contributed by atoms with Crippen molar-refractivity contribution in [2.24, 2.45) is 4.99 Å². The summed E-state index contributed by atoms with van der Waals surface area (Å²) >= 11 is 0. The van der Waals surface area contributed by atoms with Crippen molar-refractivity contribution in [1.29, 1.82) is 0 Å². The van der Waals surface area contributed by atoms with Gasteiger partial charge in [0.2, 0.25) is 0 Å². The Morgan fingerprint density at radius 2 is 1.93 bits per heavy atom. The second kappa shape index (κ2) is 10.8. The molecule has 3 aliphatic rings. The first-order valence-electron chi connectivity index (χ1n) is 9.95. The van der Waals surface area contributed by atoms with Gasteiger partial charge in [0.1, 0.15) is 0 Å². The van der Waals surface area contributed by atoms with Crippen molar-refractivity contribution in [2.45, 2.75) is 31.5 Å². The third-order valence-corrected chi connectivity index (χ3v) is 5.77. The van der Waals surface area contributed by atoms with Crippen molar-refractivity contribution in [3.05, 3.63) is 35.4 Å². The molecule has 29 heavy (non-hydrogen) atoms. The molecule has 9 heteroatoms. The van der Waals surface area contributed by atoms with Crippen molar-refractivity contribution in [3.8, 4) is 0 Å². The largest absolute Gasteiger partial charge is 0.416 e. The van der Waals surface area contributed by atoms with Gasteiger partial charge in [-0.15, -0.1) is 24.0 Å². The smallest absolute Gasteiger partial charge is 0.356 e. The molecule has 3 heterocycles. The van der Waals surface area contributed by atoms with E-state index in [4.69, 9.17) is 0 Å². The first kappa shape index (κ1) is 24.2. The molecule has 3 aliphatic heterocycles. The van der Waals surface area contributed by atoms with E-state index in [0.29, 0.717) is 18.2 Å². The van der Waals surface area contributed by atoms with Gasteiger partial charge in [0, 0.05) is 58.9 Å². The van der Waals surface area contributed by atoms with Gasteiger partial charge in [0.15, 0.2) is 5.96 Å². The highest BCUT2D eigenvalue weighted by Crippen LogP contribution is 2.31. The van der Waals surface area contributed by atoms with Crippen molar-refractivity contribution < 1.29 is 13.2 Å². The van der Waals surface area contributed by atoms with E-state index in [2.05, 4.69) is 25.4 Å². The Balaban J connectivity index is 0.00000300. The molecule has 0 aliphatic carbocycles. The van der Waals surface area contributed by atoms with Crippen LogP contribution in [0.2, 0.25) is 0 Å². The lowest BCUT2D eigenvalue weighted by atomic mass is 9.96. The van der Waals surface area contributed by atoms with Crippen LogP contribution in [0.4, 0.5) is 13.2 Å². The van der Waals surface area contributed by atoms with Gasteiger partial charge in [0.05, 0.1) is 5.56 Å². The topological polar surface area (TPSA) is 42.9 Å². The first-order valence-corrected chi connectivity index (χ1v) is 9.95. The van der Waals surface area contributed by atoms with Gasteiger partial charge in [-0.2, -0.15) is 13.2 Å². The highest BCUT2D eigenvalue weighted by atomic mass is 127. The number of aliphatic imine (C=N–C) groups is 1. The van der Waals surface area contributed by atoms with Crippen molar-refractivity contribution in [2.75, 3.05) is 52.9 Å². The molecule has 2 unspecified atom stereocenters. The monoisotopic (exact) mass is 525 g/mol. The van der Waals surface area contributed by atoms with E-state index >= 15 is 0 Å². The fourth-order valence-corrected chi connectivity index (χ4v) is 3.95. The number of nitrogens with one attached hydrogen (secondary N) is 2. The van der Waals surface area contributed by atoms with Crippen molar-refractivity contribution in [1.82, 2.24) is 20.4 Å². The molecule has 164 valence electrons. The van der Waals surface area contributed by atoms with E-state index in [-0.39, 0.29) is 29.9 Å². The minimum absolute atomic E-state index is 0. The van der Waals surface area contributed by atoms with Gasteiger partial charge < -0.3 is 10.6 Å². The highest BCUT2D eigenvalue weighted by Gasteiger charge is 2.32. The number of rotatable bonds is 6. The van der Waals surface area contributed by atoms with Crippen LogP contribution >= 0.6 is 24.0 Å². The zero-order valence-electron chi connectivity index (χ0n) is 17.0. The molecule has 3 fully saturated rings. The Morgan fingerprint density at radius 1 is 1.21 bits per heavy atom. The zero-order chi connectivity index (χ0) is 20.1. The molecule has 3 saturated heterocycles. The predicted molar refractivity (Wildman–Crippen MR) is 121 cm³/mol. The summed E-state index contributed by atoms with van der Waals surface area (Å²) in [5.74, 6) is 0.773. The van der Waals surface area contributed by atoms with Gasteiger partial charge in [-0.05, 0) is 24.0 Å². The first-order chi connectivity index (χ1) is 13.4.